The Hall–Kier alpha value is -2.14. The summed E-state index contributed by atoms with van der Waals surface area (Å²) in [4.78, 5) is 22.0. The van der Waals surface area contributed by atoms with Crippen LogP contribution in [0.15, 0.2) is 29.1 Å². The molecule has 0 spiro atoms. The Balaban J connectivity index is 1.85. The lowest BCUT2D eigenvalue weighted by Gasteiger charge is -2.16. The lowest BCUT2D eigenvalue weighted by Crippen LogP contribution is -2.17. The summed E-state index contributed by atoms with van der Waals surface area (Å²) in [5.41, 5.74) is 3.35. The minimum Gasteiger partial charge on any atom is -0.375 e. The monoisotopic (exact) mass is 355 g/mol. The second kappa shape index (κ2) is 7.00. The molecule has 0 bridgehead atoms. The van der Waals surface area contributed by atoms with Gasteiger partial charge >= 0.3 is 0 Å². The number of nitrogens with zero attached hydrogens (tertiary/aromatic N) is 1. The maximum absolute atomic E-state index is 12.4. The van der Waals surface area contributed by atoms with E-state index in [1.54, 1.807) is 11.3 Å². The van der Waals surface area contributed by atoms with Crippen molar-refractivity contribution in [2.75, 3.05) is 5.32 Å². The average Bonchev–Trinajstić information content (AvgIpc) is 2.89. The normalized spacial score (nSPS) is 13.8. The summed E-state index contributed by atoms with van der Waals surface area (Å²) in [7, 11) is 0. The fraction of sp³-hybridized carbons (Fsp3) is 0.400. The van der Waals surface area contributed by atoms with Gasteiger partial charge in [-0.2, -0.15) is 0 Å². The molecule has 2 N–H and O–H groups in total. The molecule has 0 amide bonds. The van der Waals surface area contributed by atoms with Crippen molar-refractivity contribution in [1.29, 1.82) is 0 Å². The van der Waals surface area contributed by atoms with Crippen LogP contribution in [0.3, 0.4) is 0 Å². The number of anilines is 1. The van der Waals surface area contributed by atoms with Crippen molar-refractivity contribution in [3.05, 3.63) is 56.4 Å². The van der Waals surface area contributed by atoms with Crippen LogP contribution in [-0.2, 0) is 0 Å². The third-order valence-corrected chi connectivity index (χ3v) is 6.04. The molecule has 0 fully saturated rings. The van der Waals surface area contributed by atoms with E-state index in [0.717, 1.165) is 32.8 Å². The largest absolute Gasteiger partial charge is 0.375 e. The Morgan fingerprint density at radius 3 is 2.52 bits per heavy atom. The summed E-state index contributed by atoms with van der Waals surface area (Å²) in [6.07, 6.45) is 1.13. The molecule has 5 heteroatoms. The van der Waals surface area contributed by atoms with Crippen molar-refractivity contribution < 1.29 is 0 Å². The summed E-state index contributed by atoms with van der Waals surface area (Å²) >= 11 is 1.58. The number of aryl methyl sites for hydroxylation is 2. The number of benzene rings is 1. The Labute approximate surface area is 152 Å². The Morgan fingerprint density at radius 1 is 1.20 bits per heavy atom. The smallest absolute Gasteiger partial charge is 0.259 e. The topological polar surface area (TPSA) is 57.8 Å². The molecule has 3 aromatic rings. The average molecular weight is 356 g/mol. The van der Waals surface area contributed by atoms with Gasteiger partial charge in [-0.1, -0.05) is 26.0 Å². The Morgan fingerprint density at radius 2 is 1.88 bits per heavy atom. The van der Waals surface area contributed by atoms with Gasteiger partial charge in [0, 0.05) is 10.6 Å². The first-order valence-electron chi connectivity index (χ1n) is 8.77. The van der Waals surface area contributed by atoms with E-state index in [0.29, 0.717) is 11.7 Å². The molecule has 0 saturated carbocycles. The van der Waals surface area contributed by atoms with Gasteiger partial charge in [-0.15, -0.1) is 11.3 Å². The molecule has 4 nitrogen and oxygen atoms in total. The van der Waals surface area contributed by atoms with Crippen LogP contribution in [0.25, 0.3) is 10.2 Å². The third-order valence-electron chi connectivity index (χ3n) is 4.94. The van der Waals surface area contributed by atoms with E-state index in [1.807, 2.05) is 20.8 Å². The molecule has 0 saturated heterocycles. The van der Waals surface area contributed by atoms with Gasteiger partial charge in [0.15, 0.2) is 0 Å². The second-order valence-corrected chi connectivity index (χ2v) is 7.92. The number of aromatic amines is 1. The number of fused-ring (bicyclic) bond motifs is 1. The van der Waals surface area contributed by atoms with Crippen molar-refractivity contribution in [1.82, 2.24) is 9.97 Å². The quantitative estimate of drug-likeness (QED) is 0.654. The van der Waals surface area contributed by atoms with Gasteiger partial charge in [-0.25, -0.2) is 4.98 Å². The van der Waals surface area contributed by atoms with Crippen molar-refractivity contribution in [3.63, 3.8) is 0 Å². The minimum atomic E-state index is -0.0748. The van der Waals surface area contributed by atoms with Crippen LogP contribution in [0.1, 0.15) is 61.0 Å². The Bertz CT molecular complexity index is 940. The van der Waals surface area contributed by atoms with Gasteiger partial charge in [0.1, 0.15) is 10.7 Å². The first-order chi connectivity index (χ1) is 11.9. The van der Waals surface area contributed by atoms with E-state index >= 15 is 0 Å². The highest BCUT2D eigenvalue weighted by molar-refractivity contribution is 7.18. The van der Waals surface area contributed by atoms with Crippen LogP contribution in [-0.4, -0.2) is 9.97 Å². The molecule has 1 aromatic carbocycles. The van der Waals surface area contributed by atoms with Crippen LogP contribution < -0.4 is 10.9 Å². The van der Waals surface area contributed by atoms with E-state index in [-0.39, 0.29) is 11.6 Å². The van der Waals surface area contributed by atoms with Crippen molar-refractivity contribution in [3.8, 4) is 0 Å². The van der Waals surface area contributed by atoms with Gasteiger partial charge in [-0.3, -0.25) is 4.79 Å². The second-order valence-electron chi connectivity index (χ2n) is 6.71. The molecule has 25 heavy (non-hydrogen) atoms. The molecule has 2 unspecified atom stereocenters. The fourth-order valence-corrected chi connectivity index (χ4v) is 3.98. The number of aromatic nitrogens is 2. The highest BCUT2D eigenvalue weighted by atomic mass is 32.1. The van der Waals surface area contributed by atoms with Gasteiger partial charge in [0.05, 0.1) is 11.4 Å². The zero-order valence-corrected chi connectivity index (χ0v) is 16.3. The maximum Gasteiger partial charge on any atom is 0.259 e. The molecule has 132 valence electrons. The van der Waals surface area contributed by atoms with Crippen molar-refractivity contribution in [2.45, 2.75) is 53.0 Å². The summed E-state index contributed by atoms with van der Waals surface area (Å²) in [6, 6.07) is 8.43. The van der Waals surface area contributed by atoms with Gasteiger partial charge < -0.3 is 10.3 Å². The number of hydrogen-bond donors (Lipinski definition) is 2. The number of H-pyrrole nitrogens is 1. The van der Waals surface area contributed by atoms with Crippen LogP contribution in [0, 0.1) is 13.8 Å². The standard InChI is InChI=1S/C20H25N3OS/c1-6-11(2)15-7-9-16(10-8-15)21-13(4)18-22-19(24)17-12(3)14(5)25-20(17)23-18/h7-11,13,21H,6H2,1-5H3,(H,22,23,24). The zero-order valence-electron chi connectivity index (χ0n) is 15.4. The molecule has 0 aliphatic rings. The van der Waals surface area contributed by atoms with Gasteiger partial charge in [0.25, 0.3) is 5.56 Å². The lowest BCUT2D eigenvalue weighted by atomic mass is 9.98. The first kappa shape index (κ1) is 17.7. The highest BCUT2D eigenvalue weighted by Gasteiger charge is 2.15. The molecule has 2 atom stereocenters. The summed E-state index contributed by atoms with van der Waals surface area (Å²) in [6.45, 7) is 10.5. The Kier molecular flexibility index (Phi) is 4.95. The highest BCUT2D eigenvalue weighted by Crippen LogP contribution is 2.27. The van der Waals surface area contributed by atoms with E-state index in [1.165, 1.54) is 5.56 Å². The number of nitrogens with one attached hydrogen (secondary N) is 2. The van der Waals surface area contributed by atoms with Crippen LogP contribution >= 0.6 is 11.3 Å². The van der Waals surface area contributed by atoms with E-state index in [9.17, 15) is 4.79 Å². The predicted octanol–water partition coefficient (Wildman–Crippen LogP) is 5.29. The van der Waals surface area contributed by atoms with Crippen molar-refractivity contribution in [2.24, 2.45) is 0 Å². The van der Waals surface area contributed by atoms with E-state index in [2.05, 4.69) is 53.4 Å². The molecule has 0 aliphatic carbocycles. The molecule has 0 radical (unpaired) electrons. The van der Waals surface area contributed by atoms with E-state index in [4.69, 9.17) is 0 Å². The molecule has 2 heterocycles. The molecular weight excluding hydrogens is 330 g/mol. The number of rotatable bonds is 5. The predicted molar refractivity (Wildman–Crippen MR) is 107 cm³/mol. The minimum absolute atomic E-state index is 0.0531. The molecule has 2 aromatic heterocycles. The fourth-order valence-electron chi connectivity index (χ4n) is 2.94. The van der Waals surface area contributed by atoms with E-state index < -0.39 is 0 Å². The summed E-state index contributed by atoms with van der Waals surface area (Å²) < 4.78 is 0. The molecule has 0 aliphatic heterocycles. The SMILES string of the molecule is CCC(C)c1ccc(NC(C)c2nc3sc(C)c(C)c3c(=O)[nH]2)cc1. The summed E-state index contributed by atoms with van der Waals surface area (Å²) in [5, 5.41) is 4.15. The number of hydrogen-bond acceptors (Lipinski definition) is 4. The lowest BCUT2D eigenvalue weighted by molar-refractivity contribution is 0.733. The van der Waals surface area contributed by atoms with Gasteiger partial charge in [0.2, 0.25) is 0 Å². The maximum atomic E-state index is 12.4. The van der Waals surface area contributed by atoms with Crippen LogP contribution in [0.2, 0.25) is 0 Å². The summed E-state index contributed by atoms with van der Waals surface area (Å²) in [5.74, 6) is 1.24. The molecule has 3 rings (SSSR count). The first-order valence-corrected chi connectivity index (χ1v) is 9.58. The molecular formula is C20H25N3OS. The van der Waals surface area contributed by atoms with Gasteiger partial charge in [-0.05, 0) is 56.4 Å². The van der Waals surface area contributed by atoms with Crippen LogP contribution in [0.4, 0.5) is 5.69 Å². The third kappa shape index (κ3) is 3.47. The number of thiophene rings is 1. The van der Waals surface area contributed by atoms with Crippen molar-refractivity contribution >= 4 is 27.2 Å². The zero-order chi connectivity index (χ0) is 18.1. The van der Waals surface area contributed by atoms with Crippen LogP contribution in [0.5, 0.6) is 0 Å².